The number of carbonyl (C=O) groups excluding carboxylic acids is 1. The van der Waals surface area contributed by atoms with Gasteiger partial charge in [-0.1, -0.05) is 0 Å². The van der Waals surface area contributed by atoms with Gasteiger partial charge in [0, 0.05) is 18.0 Å². The van der Waals surface area contributed by atoms with Crippen LogP contribution >= 0.6 is 11.3 Å². The molecule has 0 bridgehead atoms. The van der Waals surface area contributed by atoms with Gasteiger partial charge in [0.15, 0.2) is 0 Å². The van der Waals surface area contributed by atoms with Gasteiger partial charge in [-0.15, -0.1) is 11.3 Å². The summed E-state index contributed by atoms with van der Waals surface area (Å²) in [5.74, 6) is -1.65. The zero-order valence-electron chi connectivity index (χ0n) is 9.96. The van der Waals surface area contributed by atoms with E-state index >= 15 is 0 Å². The quantitative estimate of drug-likeness (QED) is 0.769. The van der Waals surface area contributed by atoms with Crippen molar-refractivity contribution in [2.24, 2.45) is 5.92 Å². The van der Waals surface area contributed by atoms with Crippen LogP contribution in [0.15, 0.2) is 12.1 Å². The van der Waals surface area contributed by atoms with Gasteiger partial charge in [-0.3, -0.25) is 4.79 Å². The lowest BCUT2D eigenvalue weighted by atomic mass is 9.97. The van der Waals surface area contributed by atoms with Crippen molar-refractivity contribution in [1.82, 2.24) is 4.90 Å². The molecule has 0 aromatic carbocycles. The first-order valence-electron chi connectivity index (χ1n) is 5.80. The Kier molecular flexibility index (Phi) is 3.66. The number of piperidine rings is 1. The van der Waals surface area contributed by atoms with Crippen LogP contribution in [0.3, 0.4) is 0 Å². The molecule has 0 unspecified atom stereocenters. The Morgan fingerprint density at radius 3 is 2.72 bits per heavy atom. The van der Waals surface area contributed by atoms with Crippen molar-refractivity contribution in [1.29, 1.82) is 0 Å². The molecule has 6 heteroatoms. The number of amides is 1. The van der Waals surface area contributed by atoms with Crippen LogP contribution in [0.4, 0.5) is 13.2 Å². The second-order valence-electron chi connectivity index (χ2n) is 4.54. The molecular weight excluding hydrogens is 263 g/mol. The van der Waals surface area contributed by atoms with Crippen LogP contribution < -0.4 is 0 Å². The maximum absolute atomic E-state index is 12.6. The molecule has 0 spiro atoms. The van der Waals surface area contributed by atoms with Gasteiger partial charge in [0.1, 0.15) is 0 Å². The number of rotatable bonds is 1. The summed E-state index contributed by atoms with van der Waals surface area (Å²) in [6.07, 6.45) is -3.67. The number of likely N-dealkylation sites (tertiary alicyclic amines) is 1. The predicted octanol–water partition coefficient (Wildman–Crippen LogP) is 3.47. The van der Waals surface area contributed by atoms with Crippen molar-refractivity contribution in [2.45, 2.75) is 25.9 Å². The van der Waals surface area contributed by atoms with E-state index < -0.39 is 12.1 Å². The topological polar surface area (TPSA) is 20.3 Å². The third-order valence-electron chi connectivity index (χ3n) is 3.12. The molecule has 2 heterocycles. The van der Waals surface area contributed by atoms with E-state index in [0.29, 0.717) is 17.8 Å². The molecule has 0 N–H and O–H groups in total. The van der Waals surface area contributed by atoms with Crippen LogP contribution in [0.25, 0.3) is 0 Å². The SMILES string of the molecule is Cc1ccc(C(=O)N2CCC[C@@H](C(F)(F)F)C2)s1. The van der Waals surface area contributed by atoms with Gasteiger partial charge in [-0.25, -0.2) is 0 Å². The first kappa shape index (κ1) is 13.4. The van der Waals surface area contributed by atoms with Crippen molar-refractivity contribution in [3.8, 4) is 0 Å². The Balaban J connectivity index is 2.07. The third-order valence-corrected chi connectivity index (χ3v) is 4.11. The molecule has 1 aromatic heterocycles. The number of hydrogen-bond donors (Lipinski definition) is 0. The Labute approximate surface area is 107 Å². The third kappa shape index (κ3) is 2.85. The monoisotopic (exact) mass is 277 g/mol. The highest BCUT2D eigenvalue weighted by Crippen LogP contribution is 2.33. The Morgan fingerprint density at radius 1 is 1.44 bits per heavy atom. The molecule has 1 saturated heterocycles. The smallest absolute Gasteiger partial charge is 0.337 e. The number of hydrogen-bond acceptors (Lipinski definition) is 2. The molecular formula is C12H14F3NOS. The minimum absolute atomic E-state index is 0.122. The molecule has 2 rings (SSSR count). The molecule has 18 heavy (non-hydrogen) atoms. The van der Waals surface area contributed by atoms with Crippen LogP contribution in [0, 0.1) is 12.8 Å². The fraction of sp³-hybridized carbons (Fsp3) is 0.583. The molecule has 1 fully saturated rings. The number of halogens is 3. The summed E-state index contributed by atoms with van der Waals surface area (Å²) >= 11 is 1.33. The summed E-state index contributed by atoms with van der Waals surface area (Å²) in [7, 11) is 0. The minimum atomic E-state index is -4.20. The van der Waals surface area contributed by atoms with E-state index in [1.807, 2.05) is 13.0 Å². The molecule has 1 aromatic rings. The summed E-state index contributed by atoms with van der Waals surface area (Å²) in [5.41, 5.74) is 0. The molecule has 2 nitrogen and oxygen atoms in total. The van der Waals surface area contributed by atoms with Crippen LogP contribution in [0.5, 0.6) is 0 Å². The van der Waals surface area contributed by atoms with E-state index in [2.05, 4.69) is 0 Å². The Bertz CT molecular complexity index is 441. The fourth-order valence-corrected chi connectivity index (χ4v) is 2.97. The van der Waals surface area contributed by atoms with E-state index in [0.717, 1.165) is 4.88 Å². The summed E-state index contributed by atoms with van der Waals surface area (Å²) in [6.45, 7) is 2.08. The van der Waals surface area contributed by atoms with Crippen molar-refractivity contribution in [3.05, 3.63) is 21.9 Å². The van der Waals surface area contributed by atoms with Crippen LogP contribution in [0.2, 0.25) is 0 Å². The summed E-state index contributed by atoms with van der Waals surface area (Å²) in [4.78, 5) is 14.9. The number of alkyl halides is 3. The first-order valence-corrected chi connectivity index (χ1v) is 6.62. The molecule has 0 aliphatic carbocycles. The van der Waals surface area contributed by atoms with E-state index in [4.69, 9.17) is 0 Å². The highest BCUT2D eigenvalue weighted by Gasteiger charge is 2.42. The highest BCUT2D eigenvalue weighted by atomic mass is 32.1. The summed E-state index contributed by atoms with van der Waals surface area (Å²) in [5, 5.41) is 0. The van der Waals surface area contributed by atoms with Gasteiger partial charge in [0.05, 0.1) is 10.8 Å². The number of thiophene rings is 1. The van der Waals surface area contributed by atoms with Gasteiger partial charge in [-0.05, 0) is 31.9 Å². The summed E-state index contributed by atoms with van der Waals surface area (Å²) < 4.78 is 37.9. The lowest BCUT2D eigenvalue weighted by molar-refractivity contribution is -0.184. The molecule has 1 atom stereocenters. The van der Waals surface area contributed by atoms with Gasteiger partial charge in [0.25, 0.3) is 5.91 Å². The Hall–Kier alpha value is -1.04. The lowest BCUT2D eigenvalue weighted by Gasteiger charge is -2.33. The van der Waals surface area contributed by atoms with Crippen molar-refractivity contribution in [2.75, 3.05) is 13.1 Å². The predicted molar refractivity (Wildman–Crippen MR) is 63.7 cm³/mol. The molecule has 100 valence electrons. The van der Waals surface area contributed by atoms with Crippen molar-refractivity contribution >= 4 is 17.2 Å². The van der Waals surface area contributed by atoms with Crippen LogP contribution in [-0.4, -0.2) is 30.1 Å². The van der Waals surface area contributed by atoms with Gasteiger partial charge in [0.2, 0.25) is 0 Å². The number of aryl methyl sites for hydroxylation is 1. The van der Waals surface area contributed by atoms with Crippen molar-refractivity contribution < 1.29 is 18.0 Å². The van der Waals surface area contributed by atoms with Crippen molar-refractivity contribution in [3.63, 3.8) is 0 Å². The van der Waals surface area contributed by atoms with Crippen LogP contribution in [-0.2, 0) is 0 Å². The number of nitrogens with zero attached hydrogens (tertiary/aromatic N) is 1. The maximum atomic E-state index is 12.6. The zero-order valence-corrected chi connectivity index (χ0v) is 10.8. The highest BCUT2D eigenvalue weighted by molar-refractivity contribution is 7.13. The van der Waals surface area contributed by atoms with E-state index in [1.54, 1.807) is 6.07 Å². The molecule has 0 radical (unpaired) electrons. The largest absolute Gasteiger partial charge is 0.393 e. The molecule has 1 amide bonds. The normalized spacial score (nSPS) is 21.1. The standard InChI is InChI=1S/C12H14F3NOS/c1-8-4-5-10(18-8)11(17)16-6-2-3-9(7-16)12(13,14)15/h4-5,9H,2-3,6-7H2,1H3/t9-/m1/s1. The number of carbonyl (C=O) groups is 1. The lowest BCUT2D eigenvalue weighted by Crippen LogP contribution is -2.44. The zero-order chi connectivity index (χ0) is 13.3. The Morgan fingerprint density at radius 2 is 2.17 bits per heavy atom. The van der Waals surface area contributed by atoms with E-state index in [-0.39, 0.29) is 18.9 Å². The molecule has 0 saturated carbocycles. The average Bonchev–Trinajstić information content (AvgIpc) is 2.74. The summed E-state index contributed by atoms with van der Waals surface area (Å²) in [6, 6.07) is 3.49. The van der Waals surface area contributed by atoms with Crippen LogP contribution in [0.1, 0.15) is 27.4 Å². The van der Waals surface area contributed by atoms with Gasteiger partial charge < -0.3 is 4.90 Å². The van der Waals surface area contributed by atoms with E-state index in [9.17, 15) is 18.0 Å². The first-order chi connectivity index (χ1) is 8.38. The maximum Gasteiger partial charge on any atom is 0.393 e. The minimum Gasteiger partial charge on any atom is -0.337 e. The second kappa shape index (κ2) is 4.91. The molecule has 1 aliphatic rings. The fourth-order valence-electron chi connectivity index (χ4n) is 2.13. The van der Waals surface area contributed by atoms with Gasteiger partial charge in [-0.2, -0.15) is 13.2 Å². The second-order valence-corrected chi connectivity index (χ2v) is 5.83. The molecule has 1 aliphatic heterocycles. The average molecular weight is 277 g/mol. The van der Waals surface area contributed by atoms with E-state index in [1.165, 1.54) is 16.2 Å². The van der Waals surface area contributed by atoms with Gasteiger partial charge >= 0.3 is 6.18 Å².